The van der Waals surface area contributed by atoms with Crippen LogP contribution in [0.1, 0.15) is 11.1 Å². The van der Waals surface area contributed by atoms with Gasteiger partial charge in [0.15, 0.2) is 0 Å². The molecular formula is C16H14ClF3N2. The Morgan fingerprint density at radius 1 is 1.09 bits per heavy atom. The van der Waals surface area contributed by atoms with E-state index < -0.39 is 11.7 Å². The highest BCUT2D eigenvalue weighted by atomic mass is 35.5. The maximum atomic E-state index is 12.6. The van der Waals surface area contributed by atoms with Crippen LogP contribution in [0.4, 0.5) is 24.5 Å². The van der Waals surface area contributed by atoms with E-state index in [1.165, 1.54) is 18.3 Å². The highest BCUT2D eigenvalue weighted by Crippen LogP contribution is 2.31. The van der Waals surface area contributed by atoms with Crippen LogP contribution < -0.4 is 4.90 Å². The van der Waals surface area contributed by atoms with E-state index >= 15 is 0 Å². The summed E-state index contributed by atoms with van der Waals surface area (Å²) in [6.45, 7) is 0. The van der Waals surface area contributed by atoms with E-state index in [1.807, 2.05) is 25.1 Å². The standard InChI is InChI=1S/C16H14ClF3N2/c1-22(2)14-7-6-11(15(17)9-14)10-21-13-5-3-4-12(8-13)16(18,19)20/h3-10H,1-2H3. The first kappa shape index (κ1) is 16.4. The Balaban J connectivity index is 2.26. The summed E-state index contributed by atoms with van der Waals surface area (Å²) in [5, 5.41) is 0.488. The Morgan fingerprint density at radius 2 is 1.82 bits per heavy atom. The Kier molecular flexibility index (Phi) is 4.76. The summed E-state index contributed by atoms with van der Waals surface area (Å²) in [5.41, 5.74) is 1.07. The van der Waals surface area contributed by atoms with E-state index in [0.29, 0.717) is 10.6 Å². The normalized spacial score (nSPS) is 11.9. The quantitative estimate of drug-likeness (QED) is 0.710. The van der Waals surface area contributed by atoms with Gasteiger partial charge < -0.3 is 4.90 Å². The van der Waals surface area contributed by atoms with Crippen molar-refractivity contribution in [3.63, 3.8) is 0 Å². The number of hydrogen-bond donors (Lipinski definition) is 0. The molecule has 0 saturated carbocycles. The summed E-state index contributed by atoms with van der Waals surface area (Å²) in [6, 6.07) is 10.2. The first-order valence-electron chi connectivity index (χ1n) is 6.45. The molecule has 2 nitrogen and oxygen atoms in total. The van der Waals surface area contributed by atoms with Crippen LogP contribution in [0.15, 0.2) is 47.5 Å². The summed E-state index contributed by atoms with van der Waals surface area (Å²) in [5.74, 6) is 0. The van der Waals surface area contributed by atoms with Crippen molar-refractivity contribution < 1.29 is 13.2 Å². The summed E-state index contributed by atoms with van der Waals surface area (Å²) >= 11 is 6.15. The molecule has 6 heteroatoms. The molecule has 0 atom stereocenters. The van der Waals surface area contributed by atoms with Gasteiger partial charge in [-0.1, -0.05) is 17.7 Å². The summed E-state index contributed by atoms with van der Waals surface area (Å²) in [4.78, 5) is 5.97. The van der Waals surface area contributed by atoms with Crippen LogP contribution in [0, 0.1) is 0 Å². The van der Waals surface area contributed by atoms with E-state index in [-0.39, 0.29) is 5.69 Å². The molecule has 0 bridgehead atoms. The molecule has 0 heterocycles. The summed E-state index contributed by atoms with van der Waals surface area (Å²) in [7, 11) is 3.78. The van der Waals surface area contributed by atoms with Gasteiger partial charge in [-0.3, -0.25) is 4.99 Å². The second kappa shape index (κ2) is 6.40. The molecule has 0 saturated heterocycles. The van der Waals surface area contributed by atoms with Gasteiger partial charge in [0.2, 0.25) is 0 Å². The lowest BCUT2D eigenvalue weighted by Gasteiger charge is -2.13. The predicted octanol–water partition coefficient (Wildman–Crippen LogP) is 5.18. The van der Waals surface area contributed by atoms with Crippen molar-refractivity contribution in [2.75, 3.05) is 19.0 Å². The molecule has 0 aliphatic carbocycles. The van der Waals surface area contributed by atoms with Gasteiger partial charge in [-0.15, -0.1) is 0 Å². The average molecular weight is 327 g/mol. The van der Waals surface area contributed by atoms with Gasteiger partial charge >= 0.3 is 6.18 Å². The molecule has 0 radical (unpaired) electrons. The van der Waals surface area contributed by atoms with Gasteiger partial charge in [0, 0.05) is 31.6 Å². The lowest BCUT2D eigenvalue weighted by atomic mass is 10.2. The topological polar surface area (TPSA) is 15.6 Å². The molecule has 0 spiro atoms. The second-order valence-corrected chi connectivity index (χ2v) is 5.31. The largest absolute Gasteiger partial charge is 0.416 e. The molecule has 0 N–H and O–H groups in total. The van der Waals surface area contributed by atoms with Gasteiger partial charge in [0.1, 0.15) is 0 Å². The summed E-state index contributed by atoms with van der Waals surface area (Å²) in [6.07, 6.45) is -2.92. The fourth-order valence-electron chi connectivity index (χ4n) is 1.81. The molecule has 2 aromatic rings. The van der Waals surface area contributed by atoms with Gasteiger partial charge in [-0.2, -0.15) is 13.2 Å². The number of aliphatic imine (C=N–C) groups is 1. The van der Waals surface area contributed by atoms with Crippen LogP contribution >= 0.6 is 11.6 Å². The van der Waals surface area contributed by atoms with E-state index in [2.05, 4.69) is 4.99 Å². The van der Waals surface area contributed by atoms with E-state index in [4.69, 9.17) is 11.6 Å². The summed E-state index contributed by atoms with van der Waals surface area (Å²) < 4.78 is 37.9. The Morgan fingerprint density at radius 3 is 2.41 bits per heavy atom. The van der Waals surface area contributed by atoms with E-state index in [0.717, 1.165) is 17.8 Å². The van der Waals surface area contributed by atoms with Crippen LogP contribution in [0.2, 0.25) is 5.02 Å². The molecular weight excluding hydrogens is 313 g/mol. The van der Waals surface area contributed by atoms with Crippen LogP contribution in [-0.2, 0) is 6.18 Å². The number of nitrogens with zero attached hydrogens (tertiary/aromatic N) is 2. The third-order valence-electron chi connectivity index (χ3n) is 3.03. The number of rotatable bonds is 3. The van der Waals surface area contributed by atoms with Crippen LogP contribution in [0.25, 0.3) is 0 Å². The van der Waals surface area contributed by atoms with Gasteiger partial charge in [-0.05, 0) is 36.4 Å². The fraction of sp³-hybridized carbons (Fsp3) is 0.188. The minimum atomic E-state index is -4.38. The number of hydrogen-bond acceptors (Lipinski definition) is 2. The Hall–Kier alpha value is -2.01. The maximum absolute atomic E-state index is 12.6. The van der Waals surface area contributed by atoms with Crippen molar-refractivity contribution in [3.8, 4) is 0 Å². The van der Waals surface area contributed by atoms with Crippen molar-refractivity contribution in [1.82, 2.24) is 0 Å². The van der Waals surface area contributed by atoms with Crippen molar-refractivity contribution >= 4 is 29.2 Å². The molecule has 0 aromatic heterocycles. The first-order chi connectivity index (χ1) is 10.3. The SMILES string of the molecule is CN(C)c1ccc(C=Nc2cccc(C(F)(F)F)c2)c(Cl)c1. The Bertz CT molecular complexity index is 694. The zero-order valence-electron chi connectivity index (χ0n) is 12.0. The maximum Gasteiger partial charge on any atom is 0.416 e. The molecule has 0 fully saturated rings. The molecule has 116 valence electrons. The molecule has 2 aromatic carbocycles. The fourth-order valence-corrected chi connectivity index (χ4v) is 2.03. The zero-order chi connectivity index (χ0) is 16.3. The van der Waals surface area contributed by atoms with Gasteiger partial charge in [0.25, 0.3) is 0 Å². The van der Waals surface area contributed by atoms with Gasteiger partial charge in [0.05, 0.1) is 16.3 Å². The second-order valence-electron chi connectivity index (χ2n) is 4.91. The van der Waals surface area contributed by atoms with Gasteiger partial charge in [-0.25, -0.2) is 0 Å². The minimum absolute atomic E-state index is 0.225. The van der Waals surface area contributed by atoms with Crippen molar-refractivity contribution in [3.05, 3.63) is 58.6 Å². The monoisotopic (exact) mass is 326 g/mol. The minimum Gasteiger partial charge on any atom is -0.378 e. The van der Waals surface area contributed by atoms with Crippen molar-refractivity contribution in [2.24, 2.45) is 4.99 Å². The van der Waals surface area contributed by atoms with E-state index in [1.54, 1.807) is 12.1 Å². The highest BCUT2D eigenvalue weighted by molar-refractivity contribution is 6.33. The zero-order valence-corrected chi connectivity index (χ0v) is 12.8. The number of alkyl halides is 3. The predicted molar refractivity (Wildman–Crippen MR) is 84.5 cm³/mol. The number of halogens is 4. The van der Waals surface area contributed by atoms with Crippen molar-refractivity contribution in [1.29, 1.82) is 0 Å². The molecule has 22 heavy (non-hydrogen) atoms. The lowest BCUT2D eigenvalue weighted by Crippen LogP contribution is -2.08. The molecule has 0 unspecified atom stereocenters. The molecule has 2 rings (SSSR count). The van der Waals surface area contributed by atoms with Crippen molar-refractivity contribution in [2.45, 2.75) is 6.18 Å². The van der Waals surface area contributed by atoms with Crippen LogP contribution in [0.3, 0.4) is 0 Å². The molecule has 0 amide bonds. The van der Waals surface area contributed by atoms with Crippen LogP contribution in [-0.4, -0.2) is 20.3 Å². The average Bonchev–Trinajstić information content (AvgIpc) is 2.45. The highest BCUT2D eigenvalue weighted by Gasteiger charge is 2.30. The third kappa shape index (κ3) is 4.01. The molecule has 0 aliphatic rings. The third-order valence-corrected chi connectivity index (χ3v) is 3.35. The number of anilines is 1. The van der Waals surface area contributed by atoms with E-state index in [9.17, 15) is 13.2 Å². The number of benzene rings is 2. The van der Waals surface area contributed by atoms with Crippen LogP contribution in [0.5, 0.6) is 0 Å². The lowest BCUT2D eigenvalue weighted by molar-refractivity contribution is -0.137. The molecule has 0 aliphatic heterocycles. The smallest absolute Gasteiger partial charge is 0.378 e. The Labute approximate surface area is 131 Å². The first-order valence-corrected chi connectivity index (χ1v) is 6.83.